The van der Waals surface area contributed by atoms with Crippen molar-refractivity contribution in [2.24, 2.45) is 5.41 Å². The highest BCUT2D eigenvalue weighted by Crippen LogP contribution is 2.48. The van der Waals surface area contributed by atoms with E-state index in [4.69, 9.17) is 11.6 Å². The Morgan fingerprint density at radius 3 is 2.78 bits per heavy atom. The lowest BCUT2D eigenvalue weighted by molar-refractivity contribution is 0.0944. The number of nitrogens with one attached hydrogen (secondary N) is 1. The molecule has 0 unspecified atom stereocenters. The van der Waals surface area contributed by atoms with E-state index in [1.54, 1.807) is 6.07 Å². The van der Waals surface area contributed by atoms with Gasteiger partial charge in [-0.05, 0) is 52.7 Å². The predicted molar refractivity (Wildman–Crippen MR) is 81.6 cm³/mol. The van der Waals surface area contributed by atoms with E-state index in [9.17, 15) is 4.79 Å². The zero-order valence-electron chi connectivity index (χ0n) is 9.81. The summed E-state index contributed by atoms with van der Waals surface area (Å²) in [6, 6.07) is 5.38. The number of carbonyl (C=O) groups excluding carboxylic acids is 1. The topological polar surface area (TPSA) is 29.1 Å². The molecule has 0 saturated heterocycles. The quantitative estimate of drug-likeness (QED) is 0.736. The second-order valence-electron chi connectivity index (χ2n) is 4.72. The molecule has 1 saturated carbocycles. The Balaban J connectivity index is 1.98. The monoisotopic (exact) mass is 393 g/mol. The molecule has 1 aliphatic carbocycles. The van der Waals surface area contributed by atoms with E-state index < -0.39 is 0 Å². The van der Waals surface area contributed by atoms with Gasteiger partial charge in [-0.3, -0.25) is 4.79 Å². The molecule has 2 nitrogen and oxygen atoms in total. The maximum Gasteiger partial charge on any atom is 0.252 e. The molecule has 0 heterocycles. The molecule has 1 aromatic carbocycles. The van der Waals surface area contributed by atoms with Crippen LogP contribution in [0.15, 0.2) is 22.7 Å². The first kappa shape index (κ1) is 14.4. The number of alkyl halides is 1. The van der Waals surface area contributed by atoms with Crippen molar-refractivity contribution in [3.05, 3.63) is 33.3 Å². The van der Waals surface area contributed by atoms with Crippen molar-refractivity contribution in [3.63, 3.8) is 0 Å². The minimum atomic E-state index is -0.0952. The van der Waals surface area contributed by atoms with E-state index in [1.807, 2.05) is 12.1 Å². The largest absolute Gasteiger partial charge is 0.351 e. The highest BCUT2D eigenvalue weighted by molar-refractivity contribution is 9.10. The normalized spacial score (nSPS) is 16.4. The van der Waals surface area contributed by atoms with Crippen LogP contribution in [0.5, 0.6) is 0 Å². The smallest absolute Gasteiger partial charge is 0.252 e. The number of hydrogen-bond donors (Lipinski definition) is 1. The van der Waals surface area contributed by atoms with Crippen LogP contribution in [0.4, 0.5) is 0 Å². The van der Waals surface area contributed by atoms with Gasteiger partial charge in [0.1, 0.15) is 0 Å². The number of benzene rings is 1. The Labute approximate surface area is 129 Å². The summed E-state index contributed by atoms with van der Waals surface area (Å²) in [5, 5.41) is 4.45. The predicted octanol–water partition coefficient (Wildman–Crippen LogP) is 4.40. The molecule has 1 aliphatic rings. The molecule has 2 rings (SSSR count). The fraction of sp³-hybridized carbons (Fsp3) is 0.462. The third-order valence-corrected chi connectivity index (χ3v) is 5.09. The molecule has 0 aliphatic heterocycles. The minimum absolute atomic E-state index is 0.0952. The summed E-state index contributed by atoms with van der Waals surface area (Å²) in [4.78, 5) is 12.1. The summed E-state index contributed by atoms with van der Waals surface area (Å²) in [6.45, 7) is 0.736. The molecular formula is C13H14Br2ClNO. The Morgan fingerprint density at radius 2 is 2.17 bits per heavy atom. The van der Waals surface area contributed by atoms with Crippen LogP contribution >= 0.6 is 43.5 Å². The molecule has 1 aromatic rings. The molecule has 0 spiro atoms. The van der Waals surface area contributed by atoms with E-state index in [0.717, 1.165) is 22.8 Å². The van der Waals surface area contributed by atoms with Crippen molar-refractivity contribution in [1.29, 1.82) is 0 Å². The molecule has 0 atom stereocenters. The first-order chi connectivity index (χ1) is 8.58. The van der Waals surface area contributed by atoms with Crippen molar-refractivity contribution >= 4 is 49.4 Å². The summed E-state index contributed by atoms with van der Waals surface area (Å²) < 4.78 is 0.749. The Bertz CT molecular complexity index is 460. The van der Waals surface area contributed by atoms with E-state index >= 15 is 0 Å². The van der Waals surface area contributed by atoms with Crippen LogP contribution < -0.4 is 5.32 Å². The first-order valence-electron chi connectivity index (χ1n) is 5.86. The van der Waals surface area contributed by atoms with E-state index in [0.29, 0.717) is 16.0 Å². The van der Waals surface area contributed by atoms with Crippen LogP contribution in [-0.2, 0) is 0 Å². The van der Waals surface area contributed by atoms with Gasteiger partial charge in [0.05, 0.1) is 10.6 Å². The second-order valence-corrected chi connectivity index (χ2v) is 6.75. The van der Waals surface area contributed by atoms with Crippen molar-refractivity contribution < 1.29 is 4.79 Å². The molecule has 0 radical (unpaired) electrons. The van der Waals surface area contributed by atoms with Crippen molar-refractivity contribution in [3.8, 4) is 0 Å². The summed E-state index contributed by atoms with van der Waals surface area (Å²) in [7, 11) is 0. The van der Waals surface area contributed by atoms with Gasteiger partial charge in [0.2, 0.25) is 0 Å². The fourth-order valence-corrected chi connectivity index (χ4v) is 3.35. The lowest BCUT2D eigenvalue weighted by Crippen LogP contribution is -2.30. The molecule has 1 fully saturated rings. The highest BCUT2D eigenvalue weighted by atomic mass is 79.9. The number of amides is 1. The summed E-state index contributed by atoms with van der Waals surface area (Å²) in [5.41, 5.74) is 0.846. The van der Waals surface area contributed by atoms with Crippen LogP contribution in [0.1, 0.15) is 29.6 Å². The van der Waals surface area contributed by atoms with Gasteiger partial charge >= 0.3 is 0 Å². The highest BCUT2D eigenvalue weighted by Gasteiger charge is 2.41. The lowest BCUT2D eigenvalue weighted by Gasteiger charge is -2.15. The van der Waals surface area contributed by atoms with E-state index in [-0.39, 0.29) is 5.91 Å². The zero-order chi connectivity index (χ0) is 13.2. The minimum Gasteiger partial charge on any atom is -0.351 e. The lowest BCUT2D eigenvalue weighted by atomic mass is 10.0. The van der Waals surface area contributed by atoms with Crippen LogP contribution in [-0.4, -0.2) is 17.8 Å². The summed E-state index contributed by atoms with van der Waals surface area (Å²) in [5.74, 6) is -0.0952. The average molecular weight is 396 g/mol. The number of rotatable bonds is 5. The third kappa shape index (κ3) is 3.28. The molecule has 0 aromatic heterocycles. The second kappa shape index (κ2) is 5.93. The van der Waals surface area contributed by atoms with Crippen molar-refractivity contribution in [2.75, 3.05) is 11.9 Å². The Morgan fingerprint density at radius 1 is 1.44 bits per heavy atom. The maximum absolute atomic E-state index is 12.1. The van der Waals surface area contributed by atoms with Gasteiger partial charge in [0.15, 0.2) is 0 Å². The van der Waals surface area contributed by atoms with Crippen LogP contribution in [0.25, 0.3) is 0 Å². The van der Waals surface area contributed by atoms with Crippen molar-refractivity contribution in [2.45, 2.75) is 19.3 Å². The standard InChI is InChI=1S/C13H14Br2ClNO/c14-7-6-13(4-5-13)8-17-12(18)9-2-1-3-10(15)11(9)16/h1-3H,4-8H2,(H,17,18). The molecule has 5 heteroatoms. The Kier molecular flexibility index (Phi) is 4.73. The molecule has 0 bridgehead atoms. The number of halogens is 3. The van der Waals surface area contributed by atoms with Gasteiger partial charge in [-0.25, -0.2) is 0 Å². The number of carbonyl (C=O) groups is 1. The van der Waals surface area contributed by atoms with E-state index in [1.165, 1.54) is 12.8 Å². The maximum atomic E-state index is 12.1. The van der Waals surface area contributed by atoms with Crippen LogP contribution in [0.2, 0.25) is 5.02 Å². The van der Waals surface area contributed by atoms with Gasteiger partial charge < -0.3 is 5.32 Å². The molecule has 18 heavy (non-hydrogen) atoms. The average Bonchev–Trinajstić information content (AvgIpc) is 3.11. The molecular weight excluding hydrogens is 381 g/mol. The Hall–Kier alpha value is -0.0600. The summed E-state index contributed by atoms with van der Waals surface area (Å²) in [6.07, 6.45) is 3.51. The van der Waals surface area contributed by atoms with Crippen molar-refractivity contribution in [1.82, 2.24) is 5.32 Å². The fourth-order valence-electron chi connectivity index (χ4n) is 1.93. The van der Waals surface area contributed by atoms with Gasteiger partial charge in [-0.2, -0.15) is 0 Å². The van der Waals surface area contributed by atoms with Gasteiger partial charge in [-0.15, -0.1) is 0 Å². The zero-order valence-corrected chi connectivity index (χ0v) is 13.7. The van der Waals surface area contributed by atoms with E-state index in [2.05, 4.69) is 37.2 Å². The van der Waals surface area contributed by atoms with Gasteiger partial charge in [-0.1, -0.05) is 33.6 Å². The van der Waals surface area contributed by atoms with Gasteiger partial charge in [0, 0.05) is 16.3 Å². The first-order valence-corrected chi connectivity index (χ1v) is 8.15. The molecule has 98 valence electrons. The third-order valence-electron chi connectivity index (χ3n) is 3.40. The molecule has 1 amide bonds. The SMILES string of the molecule is O=C(NCC1(CCBr)CC1)c1cccc(Br)c1Cl. The van der Waals surface area contributed by atoms with Crippen LogP contribution in [0, 0.1) is 5.41 Å². The molecule has 1 N–H and O–H groups in total. The van der Waals surface area contributed by atoms with Crippen LogP contribution in [0.3, 0.4) is 0 Å². The number of hydrogen-bond acceptors (Lipinski definition) is 1. The van der Waals surface area contributed by atoms with Gasteiger partial charge in [0.25, 0.3) is 5.91 Å². The summed E-state index contributed by atoms with van der Waals surface area (Å²) >= 11 is 12.9.